The number of allylic oxidation sites excluding steroid dienone is 1. The van der Waals surface area contributed by atoms with Gasteiger partial charge in [-0.15, -0.1) is 13.2 Å². The van der Waals surface area contributed by atoms with E-state index in [9.17, 15) is 5.11 Å². The van der Waals surface area contributed by atoms with Crippen molar-refractivity contribution >= 4 is 0 Å². The van der Waals surface area contributed by atoms with Gasteiger partial charge < -0.3 is 5.11 Å². The van der Waals surface area contributed by atoms with Crippen molar-refractivity contribution in [3.8, 4) is 0 Å². The van der Waals surface area contributed by atoms with Crippen molar-refractivity contribution in [3.63, 3.8) is 0 Å². The molecule has 0 saturated heterocycles. The first kappa shape index (κ1) is 15.2. The molecular formula is C10H19NaO. The Kier molecular flexibility index (Phi) is 18.0. The Balaban J connectivity index is 0. The molecule has 0 bridgehead atoms. The number of unbranched alkanes of at least 4 members (excludes halogenated alkanes) is 6. The number of hydrogen-bond donors (Lipinski definition) is 0. The van der Waals surface area contributed by atoms with Crippen LogP contribution in [0.25, 0.3) is 0 Å². The summed E-state index contributed by atoms with van der Waals surface area (Å²) in [6.07, 6.45) is 10.2. The van der Waals surface area contributed by atoms with Crippen molar-refractivity contribution in [2.75, 3.05) is 6.61 Å². The second kappa shape index (κ2) is 14.2. The van der Waals surface area contributed by atoms with Gasteiger partial charge in [-0.1, -0.05) is 38.2 Å². The number of rotatable bonds is 8. The van der Waals surface area contributed by atoms with Crippen LogP contribution in [0, 0.1) is 0 Å². The average molecular weight is 178 g/mol. The molecule has 0 aliphatic heterocycles. The first-order valence-electron chi connectivity index (χ1n) is 4.61. The fraction of sp³-hybridized carbons (Fsp3) is 0.800. The second-order valence-corrected chi connectivity index (χ2v) is 2.90. The Morgan fingerprint density at radius 2 is 1.42 bits per heavy atom. The maximum Gasteiger partial charge on any atom is 1.00 e. The fourth-order valence-electron chi connectivity index (χ4n) is 1.10. The van der Waals surface area contributed by atoms with Crippen molar-refractivity contribution < 1.29 is 34.7 Å². The fourth-order valence-corrected chi connectivity index (χ4v) is 1.10. The standard InChI is InChI=1S/C10H19O.Na/c1-2-3-4-5-6-7-8-9-10-11;/h2H,1,3-10H2;/q-1;+1. The second-order valence-electron chi connectivity index (χ2n) is 2.90. The van der Waals surface area contributed by atoms with E-state index in [1.54, 1.807) is 0 Å². The zero-order valence-corrected chi connectivity index (χ0v) is 10.3. The summed E-state index contributed by atoms with van der Waals surface area (Å²) in [7, 11) is 0. The molecule has 0 aliphatic carbocycles. The first-order chi connectivity index (χ1) is 5.41. The van der Waals surface area contributed by atoms with Crippen LogP contribution in [0.4, 0.5) is 0 Å². The minimum atomic E-state index is 0. The Hall–Kier alpha value is 0.700. The SMILES string of the molecule is C=CCCCCCCCC[O-].[Na+]. The van der Waals surface area contributed by atoms with E-state index in [4.69, 9.17) is 0 Å². The summed E-state index contributed by atoms with van der Waals surface area (Å²) in [4.78, 5) is 0. The van der Waals surface area contributed by atoms with Gasteiger partial charge in [0.1, 0.15) is 0 Å². The molecule has 0 aromatic heterocycles. The summed E-state index contributed by atoms with van der Waals surface area (Å²) in [6.45, 7) is 3.77. The largest absolute Gasteiger partial charge is 1.00 e. The Labute approximate surface area is 98.5 Å². The summed E-state index contributed by atoms with van der Waals surface area (Å²) in [5, 5.41) is 10.1. The summed E-state index contributed by atoms with van der Waals surface area (Å²) in [5.74, 6) is 0. The van der Waals surface area contributed by atoms with Crippen molar-refractivity contribution in [2.45, 2.75) is 44.9 Å². The molecule has 1 nitrogen and oxygen atoms in total. The molecule has 0 radical (unpaired) electrons. The van der Waals surface area contributed by atoms with Crippen LogP contribution in [-0.2, 0) is 0 Å². The van der Waals surface area contributed by atoms with Crippen molar-refractivity contribution in [1.82, 2.24) is 0 Å². The van der Waals surface area contributed by atoms with E-state index in [0.717, 1.165) is 19.3 Å². The Morgan fingerprint density at radius 3 is 1.92 bits per heavy atom. The third-order valence-electron chi connectivity index (χ3n) is 1.80. The molecule has 0 rings (SSSR count). The maximum absolute atomic E-state index is 10.1. The summed E-state index contributed by atoms with van der Waals surface area (Å²) < 4.78 is 0. The van der Waals surface area contributed by atoms with Crippen LogP contribution >= 0.6 is 0 Å². The quantitative estimate of drug-likeness (QED) is 0.273. The smallest absolute Gasteiger partial charge is 0.854 e. The van der Waals surface area contributed by atoms with Crippen LogP contribution < -0.4 is 34.7 Å². The molecular weight excluding hydrogens is 159 g/mol. The van der Waals surface area contributed by atoms with Gasteiger partial charge in [0.15, 0.2) is 0 Å². The molecule has 0 fully saturated rings. The molecule has 0 spiro atoms. The first-order valence-corrected chi connectivity index (χ1v) is 4.61. The van der Waals surface area contributed by atoms with Crippen LogP contribution in [0.5, 0.6) is 0 Å². The van der Waals surface area contributed by atoms with E-state index in [0.29, 0.717) is 0 Å². The van der Waals surface area contributed by atoms with Gasteiger partial charge in [-0.25, -0.2) is 0 Å². The van der Waals surface area contributed by atoms with Crippen molar-refractivity contribution in [2.24, 2.45) is 0 Å². The molecule has 0 aromatic rings. The van der Waals surface area contributed by atoms with Gasteiger partial charge in [-0.05, 0) is 12.8 Å². The number of hydrogen-bond acceptors (Lipinski definition) is 1. The maximum atomic E-state index is 10.1. The van der Waals surface area contributed by atoms with Crippen molar-refractivity contribution in [1.29, 1.82) is 0 Å². The van der Waals surface area contributed by atoms with Crippen LogP contribution in [0.1, 0.15) is 44.9 Å². The summed E-state index contributed by atoms with van der Waals surface area (Å²) in [5.41, 5.74) is 0. The van der Waals surface area contributed by atoms with Crippen LogP contribution in [-0.4, -0.2) is 6.61 Å². The van der Waals surface area contributed by atoms with E-state index in [1.807, 2.05) is 6.08 Å². The Bertz CT molecular complexity index is 83.9. The molecule has 0 unspecified atom stereocenters. The monoisotopic (exact) mass is 178 g/mol. The summed E-state index contributed by atoms with van der Waals surface area (Å²) in [6, 6.07) is 0. The minimum absolute atomic E-state index is 0. The molecule has 0 atom stereocenters. The van der Waals surface area contributed by atoms with Gasteiger partial charge in [0.25, 0.3) is 0 Å². The molecule has 0 saturated carbocycles. The van der Waals surface area contributed by atoms with Crippen molar-refractivity contribution in [3.05, 3.63) is 12.7 Å². The van der Waals surface area contributed by atoms with Gasteiger partial charge in [0.2, 0.25) is 0 Å². The molecule has 0 N–H and O–H groups in total. The topological polar surface area (TPSA) is 23.1 Å². The normalized spacial score (nSPS) is 9.08. The minimum Gasteiger partial charge on any atom is -0.854 e. The van der Waals surface area contributed by atoms with Crippen LogP contribution in [0.2, 0.25) is 0 Å². The molecule has 2 heteroatoms. The van der Waals surface area contributed by atoms with Gasteiger partial charge in [0, 0.05) is 0 Å². The van der Waals surface area contributed by atoms with E-state index in [1.165, 1.54) is 25.7 Å². The predicted molar refractivity (Wildman–Crippen MR) is 47.4 cm³/mol. The van der Waals surface area contributed by atoms with Gasteiger partial charge in [-0.3, -0.25) is 0 Å². The van der Waals surface area contributed by atoms with E-state index in [2.05, 4.69) is 6.58 Å². The zero-order valence-electron chi connectivity index (χ0n) is 8.35. The molecule has 0 aromatic carbocycles. The van der Waals surface area contributed by atoms with E-state index < -0.39 is 0 Å². The molecule has 66 valence electrons. The molecule has 0 aliphatic rings. The third kappa shape index (κ3) is 13.3. The zero-order chi connectivity index (χ0) is 8.36. The van der Waals surface area contributed by atoms with E-state index >= 15 is 0 Å². The van der Waals surface area contributed by atoms with E-state index in [-0.39, 0.29) is 36.2 Å². The van der Waals surface area contributed by atoms with Crippen LogP contribution in [0.3, 0.4) is 0 Å². The molecule has 0 heterocycles. The Morgan fingerprint density at radius 1 is 0.917 bits per heavy atom. The predicted octanol–water partition coefficient (Wildman–Crippen LogP) is -0.733. The molecule has 12 heavy (non-hydrogen) atoms. The third-order valence-corrected chi connectivity index (χ3v) is 1.80. The van der Waals surface area contributed by atoms with Gasteiger partial charge in [0.05, 0.1) is 0 Å². The molecule has 0 amide bonds. The van der Waals surface area contributed by atoms with Gasteiger partial charge in [-0.2, -0.15) is 0 Å². The summed E-state index contributed by atoms with van der Waals surface area (Å²) >= 11 is 0. The average Bonchev–Trinajstić information content (AvgIpc) is 2.03. The van der Waals surface area contributed by atoms with Crippen LogP contribution in [0.15, 0.2) is 12.7 Å². The van der Waals surface area contributed by atoms with Gasteiger partial charge >= 0.3 is 29.6 Å².